The Balaban J connectivity index is 1.30. The van der Waals surface area contributed by atoms with Crippen LogP contribution in [0, 0.1) is 6.85 Å². The van der Waals surface area contributed by atoms with Gasteiger partial charge in [0.05, 0.1) is 28.1 Å². The van der Waals surface area contributed by atoms with Gasteiger partial charge in [-0.15, -0.1) is 4.94 Å². The summed E-state index contributed by atoms with van der Waals surface area (Å²) in [6.07, 6.45) is 1.54. The first-order valence-corrected chi connectivity index (χ1v) is 13.9. The fourth-order valence-corrected chi connectivity index (χ4v) is 5.83. The molecule has 0 aliphatic carbocycles. The third kappa shape index (κ3) is 4.19. The molecular formula is C37H29N5O. The largest absolute Gasteiger partial charge is 0.310 e. The summed E-state index contributed by atoms with van der Waals surface area (Å²) < 4.78 is 50.2. The van der Waals surface area contributed by atoms with Gasteiger partial charge in [-0.25, -0.2) is 10.0 Å². The molecule has 0 N–H and O–H groups in total. The molecule has 0 atom stereocenters. The minimum atomic E-state index is -2.51. The molecule has 0 amide bonds. The van der Waals surface area contributed by atoms with Crippen LogP contribution in [0.1, 0.15) is 13.8 Å². The van der Waals surface area contributed by atoms with Gasteiger partial charge >= 0.3 is 0 Å². The average Bonchev–Trinajstić information content (AvgIpc) is 3.65. The van der Waals surface area contributed by atoms with Crippen molar-refractivity contribution in [3.05, 3.63) is 145 Å². The number of para-hydroxylation sites is 4. The molecule has 0 bridgehead atoms. The van der Waals surface area contributed by atoms with Crippen molar-refractivity contribution in [2.24, 2.45) is 0 Å². The van der Waals surface area contributed by atoms with Crippen LogP contribution >= 0.6 is 0 Å². The minimum absolute atomic E-state index is 0.213. The average molecular weight is 566 g/mol. The molecule has 6 heteroatoms. The zero-order valence-electron chi connectivity index (χ0n) is 28.9. The summed E-state index contributed by atoms with van der Waals surface area (Å²) in [5.41, 5.74) is 6.22. The molecular weight excluding hydrogens is 530 g/mol. The molecule has 0 saturated carbocycles. The summed E-state index contributed by atoms with van der Waals surface area (Å²) in [5, 5.41) is 4.49. The lowest BCUT2D eigenvalue weighted by Gasteiger charge is -2.27. The van der Waals surface area contributed by atoms with E-state index in [9.17, 15) is 0 Å². The van der Waals surface area contributed by atoms with Crippen molar-refractivity contribution in [1.29, 1.82) is 0 Å². The fourth-order valence-electron chi connectivity index (χ4n) is 5.83. The van der Waals surface area contributed by atoms with Crippen LogP contribution in [0.3, 0.4) is 0 Å². The van der Waals surface area contributed by atoms with E-state index >= 15 is 0 Å². The van der Waals surface area contributed by atoms with E-state index < -0.39 is 13.8 Å². The molecule has 6 nitrogen and oxygen atoms in total. The summed E-state index contributed by atoms with van der Waals surface area (Å²) in [6.45, 7) is -4.79. The molecule has 2 aromatic heterocycles. The Bertz CT molecular complexity index is 2340. The lowest BCUT2D eigenvalue weighted by molar-refractivity contribution is 0.142. The van der Waals surface area contributed by atoms with Crippen LogP contribution in [0.25, 0.3) is 27.6 Å². The second-order valence-corrected chi connectivity index (χ2v) is 10.3. The number of hydroxylamine groups is 1. The topological polar surface area (TPSA) is 36.8 Å². The number of anilines is 6. The van der Waals surface area contributed by atoms with Crippen LogP contribution in [-0.2, 0) is 4.94 Å². The first-order chi connectivity index (χ1) is 23.6. The highest BCUT2D eigenvalue weighted by Crippen LogP contribution is 2.44. The van der Waals surface area contributed by atoms with Gasteiger partial charge in [-0.2, -0.15) is 5.06 Å². The predicted octanol–water partition coefficient (Wildman–Crippen LogP) is 9.39. The van der Waals surface area contributed by atoms with Gasteiger partial charge < -0.3 is 4.90 Å². The molecule has 43 heavy (non-hydrogen) atoms. The van der Waals surface area contributed by atoms with E-state index in [4.69, 9.17) is 13.2 Å². The summed E-state index contributed by atoms with van der Waals surface area (Å²) >= 11 is 0. The lowest BCUT2D eigenvalue weighted by Crippen LogP contribution is -2.21. The predicted molar refractivity (Wildman–Crippen MR) is 176 cm³/mol. The van der Waals surface area contributed by atoms with Crippen LogP contribution in [0.2, 0.25) is 0 Å². The van der Waals surface area contributed by atoms with Crippen molar-refractivity contribution in [2.75, 3.05) is 22.0 Å². The molecule has 0 radical (unpaired) electrons. The summed E-state index contributed by atoms with van der Waals surface area (Å²) in [6, 6.07) is 42.2. The van der Waals surface area contributed by atoms with E-state index in [0.29, 0.717) is 22.9 Å². The van der Waals surface area contributed by atoms with Crippen molar-refractivity contribution in [3.8, 4) is 5.82 Å². The Morgan fingerprint density at radius 3 is 2.30 bits per heavy atom. The quantitative estimate of drug-likeness (QED) is 0.208. The van der Waals surface area contributed by atoms with E-state index in [1.54, 1.807) is 18.2 Å². The maximum atomic E-state index is 8.04. The zero-order chi connectivity index (χ0) is 33.9. The number of benzene rings is 5. The fraction of sp³-hybridized carbons (Fsp3) is 0.0541. The second-order valence-electron chi connectivity index (χ2n) is 10.3. The van der Waals surface area contributed by atoms with Crippen LogP contribution in [0.4, 0.5) is 34.1 Å². The molecule has 0 saturated heterocycles. The highest BCUT2D eigenvalue weighted by molar-refractivity contribution is 6.10. The number of aromatic nitrogens is 2. The molecule has 5 aromatic carbocycles. The highest BCUT2D eigenvalue weighted by Gasteiger charge is 2.27. The molecule has 1 aliphatic rings. The number of rotatable bonds is 5. The molecule has 1 aliphatic heterocycles. The van der Waals surface area contributed by atoms with E-state index in [2.05, 4.69) is 34.1 Å². The second kappa shape index (κ2) is 10.0. The third-order valence-electron chi connectivity index (χ3n) is 7.71. The van der Waals surface area contributed by atoms with Crippen LogP contribution in [0.15, 0.2) is 140 Å². The molecule has 0 unspecified atom stereocenters. The lowest BCUT2D eigenvalue weighted by atomic mass is 10.1. The SMILES string of the molecule is [2H]C([2H])([2H])c1ccnc(-n2c3ccccc3c3ccc(N(c4ccccc4)c4cccc(N5ON(C([2H])([2H])[2H])c6ccccc65)c4)cc32)c1. The Morgan fingerprint density at radius 2 is 1.42 bits per heavy atom. The number of hydrogen-bond acceptors (Lipinski definition) is 5. The van der Waals surface area contributed by atoms with Gasteiger partial charge in [0.15, 0.2) is 0 Å². The normalized spacial score (nSPS) is 15.3. The van der Waals surface area contributed by atoms with Crippen molar-refractivity contribution >= 4 is 55.9 Å². The van der Waals surface area contributed by atoms with Gasteiger partial charge in [-0.05, 0) is 85.2 Å². The standard InChI is InChI=1S/C37H29N5O/c1-26-21-22-38-37(23-26)41-33-16-7-6-15-31(33)32-20-19-29(25-36(32)41)40(27-11-4-3-5-12-27)28-13-10-14-30(24-28)42-35-18-9-8-17-34(35)39(2)43-42/h3-25H,1-2H3/i1D3,2D3. The van der Waals surface area contributed by atoms with Gasteiger partial charge in [-0.3, -0.25) is 4.57 Å². The van der Waals surface area contributed by atoms with E-state index in [0.717, 1.165) is 43.9 Å². The Labute approximate surface area is 258 Å². The van der Waals surface area contributed by atoms with Gasteiger partial charge in [0.1, 0.15) is 5.82 Å². The van der Waals surface area contributed by atoms with Crippen LogP contribution in [0.5, 0.6) is 0 Å². The number of fused-ring (bicyclic) bond motifs is 4. The molecule has 8 rings (SSSR count). The smallest absolute Gasteiger partial charge is 0.137 e. The van der Waals surface area contributed by atoms with Crippen molar-refractivity contribution in [2.45, 2.75) is 6.85 Å². The van der Waals surface area contributed by atoms with E-state index in [1.807, 2.05) is 89.5 Å². The van der Waals surface area contributed by atoms with E-state index in [1.165, 1.54) is 17.3 Å². The molecule has 7 aromatic rings. The molecule has 208 valence electrons. The van der Waals surface area contributed by atoms with Gasteiger partial charge in [0.25, 0.3) is 0 Å². The van der Waals surface area contributed by atoms with Gasteiger partial charge in [0.2, 0.25) is 0 Å². The maximum absolute atomic E-state index is 8.04. The number of aryl methyl sites for hydroxylation is 1. The van der Waals surface area contributed by atoms with E-state index in [-0.39, 0.29) is 5.56 Å². The van der Waals surface area contributed by atoms with Crippen LogP contribution in [-0.4, -0.2) is 16.5 Å². The van der Waals surface area contributed by atoms with Gasteiger partial charge in [-0.1, -0.05) is 60.7 Å². The molecule has 0 spiro atoms. The maximum Gasteiger partial charge on any atom is 0.137 e. The third-order valence-corrected chi connectivity index (χ3v) is 7.71. The summed E-state index contributed by atoms with van der Waals surface area (Å²) in [7, 11) is 0. The number of hydrogen-bond donors (Lipinski definition) is 0. The monoisotopic (exact) mass is 565 g/mol. The first kappa shape index (κ1) is 19.5. The first-order valence-electron chi connectivity index (χ1n) is 16.9. The summed E-state index contributed by atoms with van der Waals surface area (Å²) in [4.78, 5) is 12.7. The Kier molecular flexibility index (Phi) is 4.56. The molecule has 0 fully saturated rings. The Morgan fingerprint density at radius 1 is 0.651 bits per heavy atom. The van der Waals surface area contributed by atoms with Crippen molar-refractivity contribution < 1.29 is 13.2 Å². The summed E-state index contributed by atoms with van der Waals surface area (Å²) in [5.74, 6) is 0.508. The zero-order valence-corrected chi connectivity index (χ0v) is 22.9. The van der Waals surface area contributed by atoms with Crippen molar-refractivity contribution in [3.63, 3.8) is 0 Å². The van der Waals surface area contributed by atoms with Crippen LogP contribution < -0.4 is 15.0 Å². The number of nitrogens with zero attached hydrogens (tertiary/aromatic N) is 5. The highest BCUT2D eigenvalue weighted by atomic mass is 16.8. The van der Waals surface area contributed by atoms with Gasteiger partial charge in [0, 0.05) is 49.2 Å². The number of pyridine rings is 1. The molecule has 3 heterocycles. The minimum Gasteiger partial charge on any atom is -0.310 e. The Hall–Kier alpha value is -5.59. The van der Waals surface area contributed by atoms with Crippen molar-refractivity contribution in [1.82, 2.24) is 9.55 Å².